The summed E-state index contributed by atoms with van der Waals surface area (Å²) in [5.74, 6) is -2.29. The number of ether oxygens (including phenoxy) is 4. The SMILES string of the molecule is CC1(C)OC(=O)C=C[C@@]2(C)[C@@H]1CC(=O)[C@]1(C)[C@H]2CC[C@@]2(C)[C@H](C3=CC(=O)O[C@@H]3O)OC(=O)[C@H]3O[C@]321. The van der Waals surface area contributed by atoms with Crippen molar-refractivity contribution in [2.24, 2.45) is 28.1 Å². The predicted molar refractivity (Wildman–Crippen MR) is 117 cm³/mol. The molecule has 4 fully saturated rings. The third-order valence-electron chi connectivity index (χ3n) is 10.3. The Balaban J connectivity index is 1.51. The number of fused-ring (bicyclic) bond motifs is 3. The normalized spacial score (nSPS) is 51.5. The molecule has 6 rings (SSSR count). The number of hydrogen-bond donors (Lipinski definition) is 1. The van der Waals surface area contributed by atoms with Gasteiger partial charge in [-0.05, 0) is 44.9 Å². The Bertz CT molecular complexity index is 1150. The quantitative estimate of drug-likeness (QED) is 0.335. The Labute approximate surface area is 202 Å². The summed E-state index contributed by atoms with van der Waals surface area (Å²) in [6.45, 7) is 9.54. The van der Waals surface area contributed by atoms with Gasteiger partial charge in [0.2, 0.25) is 6.29 Å². The maximum Gasteiger partial charge on any atom is 0.339 e. The first-order valence-corrected chi connectivity index (χ1v) is 12.2. The van der Waals surface area contributed by atoms with Crippen molar-refractivity contribution in [2.45, 2.75) is 83.6 Å². The molecule has 9 heteroatoms. The van der Waals surface area contributed by atoms with E-state index in [4.69, 9.17) is 18.9 Å². The van der Waals surface area contributed by atoms with Crippen molar-refractivity contribution in [1.82, 2.24) is 0 Å². The van der Waals surface area contributed by atoms with Crippen LogP contribution in [0.5, 0.6) is 0 Å². The van der Waals surface area contributed by atoms with Crippen molar-refractivity contribution in [3.8, 4) is 0 Å². The van der Waals surface area contributed by atoms with E-state index in [9.17, 15) is 24.3 Å². The summed E-state index contributed by atoms with van der Waals surface area (Å²) >= 11 is 0. The Morgan fingerprint density at radius 1 is 0.943 bits per heavy atom. The van der Waals surface area contributed by atoms with Crippen LogP contribution in [-0.2, 0) is 38.1 Å². The number of ketones is 1. The molecule has 0 aromatic heterocycles. The molecular formula is C26H30O9. The van der Waals surface area contributed by atoms with Gasteiger partial charge in [-0.15, -0.1) is 0 Å². The minimum absolute atomic E-state index is 0.0421. The Morgan fingerprint density at radius 2 is 1.66 bits per heavy atom. The van der Waals surface area contributed by atoms with Gasteiger partial charge < -0.3 is 24.1 Å². The summed E-state index contributed by atoms with van der Waals surface area (Å²) in [5.41, 5.74) is -4.40. The fraction of sp³-hybridized carbons (Fsp3) is 0.692. The second-order valence-corrected chi connectivity index (χ2v) is 12.1. The maximum atomic E-state index is 14.2. The maximum absolute atomic E-state index is 14.2. The minimum atomic E-state index is -1.52. The third kappa shape index (κ3) is 2.46. The fourth-order valence-corrected chi connectivity index (χ4v) is 8.69. The number of allylic oxidation sites excluding steroid dienone is 1. The Hall–Kier alpha value is -2.52. The van der Waals surface area contributed by atoms with Gasteiger partial charge in [0.1, 0.15) is 23.1 Å². The van der Waals surface area contributed by atoms with E-state index in [1.807, 2.05) is 33.8 Å². The van der Waals surface area contributed by atoms with Gasteiger partial charge in [-0.25, -0.2) is 14.4 Å². The summed E-state index contributed by atoms with van der Waals surface area (Å²) in [6.07, 6.45) is 2.35. The van der Waals surface area contributed by atoms with Crippen molar-refractivity contribution < 1.29 is 43.2 Å². The molecule has 0 amide bonds. The van der Waals surface area contributed by atoms with Crippen LogP contribution >= 0.6 is 0 Å². The number of aliphatic hydroxyl groups excluding tert-OH is 1. The van der Waals surface area contributed by atoms with Crippen LogP contribution in [0.15, 0.2) is 23.8 Å². The smallest absolute Gasteiger partial charge is 0.339 e. The number of hydrogen-bond acceptors (Lipinski definition) is 9. The van der Waals surface area contributed by atoms with Gasteiger partial charge >= 0.3 is 17.9 Å². The zero-order valence-corrected chi connectivity index (χ0v) is 20.5. The lowest BCUT2D eigenvalue weighted by molar-refractivity contribution is -0.212. The number of cyclic esters (lactones) is 3. The van der Waals surface area contributed by atoms with Crippen LogP contribution < -0.4 is 0 Å². The summed E-state index contributed by atoms with van der Waals surface area (Å²) in [4.78, 5) is 51.5. The van der Waals surface area contributed by atoms with Gasteiger partial charge in [0.15, 0.2) is 6.10 Å². The lowest BCUT2D eigenvalue weighted by Gasteiger charge is -2.65. The Kier molecular flexibility index (Phi) is 4.20. The van der Waals surface area contributed by atoms with E-state index in [2.05, 4.69) is 6.92 Å². The molecule has 1 spiro atoms. The van der Waals surface area contributed by atoms with Crippen LogP contribution in [0.1, 0.15) is 53.9 Å². The molecule has 0 radical (unpaired) electrons. The standard InChI is InChI=1S/C26H30O9/c1-22(2)14-11-15(27)25(5)13(23(14,3)8-7-16(28)34-22)6-9-24(4)18(12-10-17(29)32-20(12)30)33-21(31)19-26(24,25)35-19/h7-8,10,13-14,18-20,30H,6,9,11H2,1-5H3/t13-,14+,18-,19+,20-,23+,24-,25-,26+/m0/s1. The highest BCUT2D eigenvalue weighted by molar-refractivity contribution is 5.94. The van der Waals surface area contributed by atoms with Crippen LogP contribution in [0, 0.1) is 28.1 Å². The van der Waals surface area contributed by atoms with Gasteiger partial charge in [-0.3, -0.25) is 4.79 Å². The highest BCUT2D eigenvalue weighted by Gasteiger charge is 2.88. The van der Waals surface area contributed by atoms with Crippen molar-refractivity contribution in [1.29, 1.82) is 0 Å². The lowest BCUT2D eigenvalue weighted by Crippen LogP contribution is -2.72. The molecule has 9 atom stereocenters. The number of carbonyl (C=O) groups is 4. The fourth-order valence-electron chi connectivity index (χ4n) is 8.69. The summed E-state index contributed by atoms with van der Waals surface area (Å²) in [7, 11) is 0. The van der Waals surface area contributed by atoms with E-state index in [0.717, 1.165) is 6.08 Å². The molecule has 2 saturated heterocycles. The third-order valence-corrected chi connectivity index (χ3v) is 10.3. The number of carbonyl (C=O) groups excluding carboxylic acids is 4. The van der Waals surface area contributed by atoms with Crippen LogP contribution in [0.4, 0.5) is 0 Å². The van der Waals surface area contributed by atoms with E-state index < -0.39 is 63.9 Å². The number of Topliss-reactive ketones (excluding diaryl/α,β-unsaturated/α-hetero) is 1. The molecular weight excluding hydrogens is 456 g/mol. The molecule has 0 aromatic carbocycles. The van der Waals surface area contributed by atoms with E-state index in [1.54, 1.807) is 0 Å². The summed E-state index contributed by atoms with van der Waals surface area (Å²) in [5, 5.41) is 10.4. The zero-order valence-electron chi connectivity index (χ0n) is 20.5. The number of esters is 3. The van der Waals surface area contributed by atoms with Gasteiger partial charge in [0.05, 0.1) is 5.41 Å². The molecule has 0 unspecified atom stereocenters. The van der Waals surface area contributed by atoms with Gasteiger partial charge in [-0.2, -0.15) is 0 Å². The first-order valence-electron chi connectivity index (χ1n) is 12.2. The average molecular weight is 487 g/mol. The van der Waals surface area contributed by atoms with Crippen molar-refractivity contribution >= 4 is 23.7 Å². The highest BCUT2D eigenvalue weighted by Crippen LogP contribution is 2.77. The van der Waals surface area contributed by atoms with E-state index >= 15 is 0 Å². The van der Waals surface area contributed by atoms with Crippen molar-refractivity contribution in [3.05, 3.63) is 23.8 Å². The van der Waals surface area contributed by atoms with Gasteiger partial charge in [0.25, 0.3) is 0 Å². The average Bonchev–Trinajstić information content (AvgIpc) is 3.47. The van der Waals surface area contributed by atoms with E-state index in [0.29, 0.717) is 12.8 Å². The monoisotopic (exact) mass is 486 g/mol. The second kappa shape index (κ2) is 6.42. The molecule has 1 N–H and O–H groups in total. The first kappa shape index (κ1) is 22.9. The summed E-state index contributed by atoms with van der Waals surface area (Å²) in [6, 6.07) is 0. The highest BCUT2D eigenvalue weighted by atomic mass is 16.7. The van der Waals surface area contributed by atoms with Crippen LogP contribution in [-0.4, -0.2) is 58.5 Å². The molecule has 35 heavy (non-hydrogen) atoms. The number of rotatable bonds is 1. The molecule has 0 bridgehead atoms. The van der Waals surface area contributed by atoms with Crippen LogP contribution in [0.3, 0.4) is 0 Å². The molecule has 6 aliphatic rings. The molecule has 4 heterocycles. The topological polar surface area (TPSA) is 129 Å². The van der Waals surface area contributed by atoms with E-state index in [1.165, 1.54) is 6.08 Å². The minimum Gasteiger partial charge on any atom is -0.456 e. The molecule has 2 saturated carbocycles. The summed E-state index contributed by atoms with van der Waals surface area (Å²) < 4.78 is 22.6. The lowest BCUT2D eigenvalue weighted by atomic mass is 9.37. The van der Waals surface area contributed by atoms with Crippen molar-refractivity contribution in [3.63, 3.8) is 0 Å². The number of aliphatic hydroxyl groups is 1. The number of epoxide rings is 1. The molecule has 188 valence electrons. The molecule has 9 nitrogen and oxygen atoms in total. The largest absolute Gasteiger partial charge is 0.456 e. The molecule has 4 aliphatic heterocycles. The second-order valence-electron chi connectivity index (χ2n) is 12.1. The van der Waals surface area contributed by atoms with Gasteiger partial charge in [-0.1, -0.05) is 19.9 Å². The first-order chi connectivity index (χ1) is 16.2. The van der Waals surface area contributed by atoms with Gasteiger partial charge in [0, 0.05) is 35.5 Å². The predicted octanol–water partition coefficient (Wildman–Crippen LogP) is 1.76. The van der Waals surface area contributed by atoms with Crippen LogP contribution in [0.2, 0.25) is 0 Å². The van der Waals surface area contributed by atoms with E-state index in [-0.39, 0.29) is 29.6 Å². The zero-order chi connectivity index (χ0) is 25.3. The van der Waals surface area contributed by atoms with Crippen LogP contribution in [0.25, 0.3) is 0 Å². The molecule has 2 aliphatic carbocycles. The van der Waals surface area contributed by atoms with Crippen molar-refractivity contribution in [2.75, 3.05) is 0 Å². The Morgan fingerprint density at radius 3 is 2.31 bits per heavy atom. The molecule has 0 aromatic rings.